The second kappa shape index (κ2) is 6.35. The highest BCUT2D eigenvalue weighted by Crippen LogP contribution is 2.21. The molecule has 0 aliphatic heterocycles. The van der Waals surface area contributed by atoms with Gasteiger partial charge in [-0.1, -0.05) is 54.1 Å². The zero-order valence-corrected chi connectivity index (χ0v) is 12.5. The number of ketones is 1. The van der Waals surface area contributed by atoms with Crippen LogP contribution in [0.4, 0.5) is 0 Å². The third-order valence-corrected chi connectivity index (χ3v) is 3.65. The van der Waals surface area contributed by atoms with Gasteiger partial charge in [0, 0.05) is 24.4 Å². The molecule has 0 bridgehead atoms. The summed E-state index contributed by atoms with van der Waals surface area (Å²) >= 11 is 0. The van der Waals surface area contributed by atoms with Crippen molar-refractivity contribution >= 4 is 5.78 Å². The number of nitrogens with zero attached hydrogens (tertiary/aromatic N) is 1. The molecule has 0 aliphatic carbocycles. The number of aryl methyl sites for hydroxylation is 1. The summed E-state index contributed by atoms with van der Waals surface area (Å²) in [4.78, 5) is 16.2. The Morgan fingerprint density at radius 1 is 0.955 bits per heavy atom. The van der Waals surface area contributed by atoms with Crippen LogP contribution in [0.5, 0.6) is 0 Å². The summed E-state index contributed by atoms with van der Waals surface area (Å²) in [5, 5.41) is 0. The summed E-state index contributed by atoms with van der Waals surface area (Å²) in [6.07, 6.45) is 3.69. The van der Waals surface area contributed by atoms with Gasteiger partial charge in [-0.25, -0.2) is 0 Å². The summed E-state index contributed by atoms with van der Waals surface area (Å²) in [5.74, 6) is 0.0939. The van der Waals surface area contributed by atoms with E-state index >= 15 is 0 Å². The Bertz CT molecular complexity index is 776. The second-order valence-corrected chi connectivity index (χ2v) is 5.41. The average Bonchev–Trinajstić information content (AvgIpc) is 2.56. The van der Waals surface area contributed by atoms with Crippen LogP contribution in [-0.2, 0) is 6.42 Å². The number of benzene rings is 2. The lowest BCUT2D eigenvalue weighted by atomic mass is 9.99. The minimum Gasteiger partial charge on any atom is -0.294 e. The highest BCUT2D eigenvalue weighted by molar-refractivity contribution is 5.97. The van der Waals surface area contributed by atoms with Crippen molar-refractivity contribution in [1.29, 1.82) is 0 Å². The number of aromatic nitrogens is 1. The maximum Gasteiger partial charge on any atom is 0.168 e. The summed E-state index contributed by atoms with van der Waals surface area (Å²) in [6.45, 7) is 2.09. The van der Waals surface area contributed by atoms with Crippen molar-refractivity contribution < 1.29 is 4.79 Å². The van der Waals surface area contributed by atoms with Gasteiger partial charge in [0.2, 0.25) is 0 Å². The Labute approximate surface area is 130 Å². The maximum atomic E-state index is 12.2. The Kier molecular flexibility index (Phi) is 4.10. The van der Waals surface area contributed by atoms with Crippen LogP contribution in [0.1, 0.15) is 21.5 Å². The molecule has 2 nitrogen and oxygen atoms in total. The van der Waals surface area contributed by atoms with Crippen LogP contribution < -0.4 is 0 Å². The van der Waals surface area contributed by atoms with Crippen molar-refractivity contribution in [2.45, 2.75) is 13.3 Å². The lowest BCUT2D eigenvalue weighted by Crippen LogP contribution is -2.03. The molecule has 3 rings (SSSR count). The molecule has 0 fully saturated rings. The third kappa shape index (κ3) is 3.29. The van der Waals surface area contributed by atoms with E-state index in [2.05, 4.69) is 48.3 Å². The Morgan fingerprint density at radius 3 is 2.45 bits per heavy atom. The van der Waals surface area contributed by atoms with E-state index < -0.39 is 0 Å². The highest BCUT2D eigenvalue weighted by atomic mass is 16.1. The fourth-order valence-corrected chi connectivity index (χ4v) is 2.45. The van der Waals surface area contributed by atoms with Gasteiger partial charge in [0.15, 0.2) is 5.78 Å². The number of pyridine rings is 1. The summed E-state index contributed by atoms with van der Waals surface area (Å²) in [7, 11) is 0. The fraction of sp³-hybridized carbons (Fsp3) is 0.100. The normalized spacial score (nSPS) is 10.4. The molecular weight excluding hydrogens is 270 g/mol. The standard InChI is InChI=1S/C20H17NO/c1-15-4-2-5-18(12-15)17-9-7-16(8-10-17)13-20(22)19-6-3-11-21-14-19/h2-12,14H,13H2,1H3. The molecule has 0 unspecified atom stereocenters. The molecule has 2 aromatic carbocycles. The van der Waals surface area contributed by atoms with Crippen LogP contribution in [-0.4, -0.2) is 10.8 Å². The molecule has 0 saturated heterocycles. The zero-order valence-electron chi connectivity index (χ0n) is 12.5. The van der Waals surface area contributed by atoms with E-state index in [1.54, 1.807) is 24.5 Å². The van der Waals surface area contributed by atoms with Gasteiger partial charge in [0.25, 0.3) is 0 Å². The topological polar surface area (TPSA) is 30.0 Å². The number of carbonyl (C=O) groups is 1. The van der Waals surface area contributed by atoms with E-state index in [0.717, 1.165) is 5.56 Å². The predicted octanol–water partition coefficient (Wildman–Crippen LogP) is 4.48. The van der Waals surface area contributed by atoms with Gasteiger partial charge in [0.1, 0.15) is 0 Å². The molecule has 2 heteroatoms. The van der Waals surface area contributed by atoms with E-state index in [4.69, 9.17) is 0 Å². The van der Waals surface area contributed by atoms with Gasteiger partial charge in [-0.2, -0.15) is 0 Å². The van der Waals surface area contributed by atoms with Crippen LogP contribution >= 0.6 is 0 Å². The van der Waals surface area contributed by atoms with Crippen LogP contribution in [0.3, 0.4) is 0 Å². The molecular formula is C20H17NO. The van der Waals surface area contributed by atoms with E-state index in [-0.39, 0.29) is 5.78 Å². The number of hydrogen-bond donors (Lipinski definition) is 0. The van der Waals surface area contributed by atoms with Crippen LogP contribution in [0.15, 0.2) is 73.1 Å². The zero-order chi connectivity index (χ0) is 15.4. The molecule has 1 heterocycles. The first-order valence-corrected chi connectivity index (χ1v) is 7.31. The molecule has 0 saturated carbocycles. The van der Waals surface area contributed by atoms with Crippen molar-refractivity contribution in [1.82, 2.24) is 4.98 Å². The van der Waals surface area contributed by atoms with E-state index in [1.807, 2.05) is 12.1 Å². The average molecular weight is 287 g/mol. The number of Topliss-reactive ketones (excluding diaryl/α,β-unsaturated/α-hetero) is 1. The van der Waals surface area contributed by atoms with Gasteiger partial charge in [-0.15, -0.1) is 0 Å². The van der Waals surface area contributed by atoms with Crippen molar-refractivity contribution in [3.05, 3.63) is 89.7 Å². The van der Waals surface area contributed by atoms with Gasteiger partial charge < -0.3 is 0 Å². The molecule has 22 heavy (non-hydrogen) atoms. The minimum atomic E-state index is 0.0939. The number of rotatable bonds is 4. The van der Waals surface area contributed by atoms with Crippen LogP contribution in [0.2, 0.25) is 0 Å². The fourth-order valence-electron chi connectivity index (χ4n) is 2.45. The van der Waals surface area contributed by atoms with Gasteiger partial charge in [-0.3, -0.25) is 9.78 Å². The van der Waals surface area contributed by atoms with Gasteiger partial charge >= 0.3 is 0 Å². The van der Waals surface area contributed by atoms with Crippen LogP contribution in [0, 0.1) is 6.92 Å². The highest BCUT2D eigenvalue weighted by Gasteiger charge is 2.07. The molecule has 0 atom stereocenters. The van der Waals surface area contributed by atoms with Crippen molar-refractivity contribution in [2.75, 3.05) is 0 Å². The summed E-state index contributed by atoms with van der Waals surface area (Å²) in [5.41, 5.74) is 5.29. The number of hydrogen-bond acceptors (Lipinski definition) is 2. The van der Waals surface area contributed by atoms with Crippen molar-refractivity contribution in [3.8, 4) is 11.1 Å². The summed E-state index contributed by atoms with van der Waals surface area (Å²) < 4.78 is 0. The molecule has 1 aromatic heterocycles. The first-order chi connectivity index (χ1) is 10.7. The van der Waals surface area contributed by atoms with Crippen molar-refractivity contribution in [2.24, 2.45) is 0 Å². The smallest absolute Gasteiger partial charge is 0.168 e. The quantitative estimate of drug-likeness (QED) is 0.662. The van der Waals surface area contributed by atoms with E-state index in [0.29, 0.717) is 12.0 Å². The molecule has 0 spiro atoms. The second-order valence-electron chi connectivity index (χ2n) is 5.41. The molecule has 3 aromatic rings. The molecule has 108 valence electrons. The lowest BCUT2D eigenvalue weighted by Gasteiger charge is -2.05. The molecule has 0 amide bonds. The largest absolute Gasteiger partial charge is 0.294 e. The summed E-state index contributed by atoms with van der Waals surface area (Å²) in [6, 6.07) is 20.2. The molecule has 0 aliphatic rings. The predicted molar refractivity (Wildman–Crippen MR) is 88.9 cm³/mol. The Morgan fingerprint density at radius 2 is 1.77 bits per heavy atom. The minimum absolute atomic E-state index is 0.0939. The molecule has 0 N–H and O–H groups in total. The van der Waals surface area contributed by atoms with Gasteiger partial charge in [-0.05, 0) is 35.7 Å². The lowest BCUT2D eigenvalue weighted by molar-refractivity contribution is 0.0992. The third-order valence-electron chi connectivity index (χ3n) is 3.65. The molecule has 0 radical (unpaired) electrons. The van der Waals surface area contributed by atoms with Crippen molar-refractivity contribution in [3.63, 3.8) is 0 Å². The first-order valence-electron chi connectivity index (χ1n) is 7.31. The Hall–Kier alpha value is -2.74. The SMILES string of the molecule is Cc1cccc(-c2ccc(CC(=O)c3cccnc3)cc2)c1. The van der Waals surface area contributed by atoms with Gasteiger partial charge in [0.05, 0.1) is 0 Å². The van der Waals surface area contributed by atoms with Crippen LogP contribution in [0.25, 0.3) is 11.1 Å². The van der Waals surface area contributed by atoms with E-state index in [1.165, 1.54) is 16.7 Å². The number of carbonyl (C=O) groups excluding carboxylic acids is 1. The first kappa shape index (κ1) is 14.2. The van der Waals surface area contributed by atoms with E-state index in [9.17, 15) is 4.79 Å². The Balaban J connectivity index is 1.76. The maximum absolute atomic E-state index is 12.2. The monoisotopic (exact) mass is 287 g/mol.